The standard InChI is InChI=1S/C71H148N6O16/c1-27-71(25,26)93-63(86)53(76(46-41-64(4,5)6)49-58(81)88-66(10,11)12)37-39-55(78)73(28-2)45-35-42-72-43-47-75(44-34-32-30-31-33-36-52(61(84)91-69(19,20)21)74(29-3)48-57(80)87-65(7,8)9)56(79)40-38-54(62(85)92-70(22,23)24)77(50-59(82)89-67(13,14)15)51-60(83)90-68(16,17)18/h52-59,61-63,72,78-82,84-86H,27-51H2,1-26H3/t52-,53?,54?,55+,56?,57?,58?,59+,61+,62?,63?/m0/s1. The van der Waals surface area contributed by atoms with Crippen molar-refractivity contribution in [1.29, 1.82) is 0 Å². The monoisotopic (exact) mass is 1340 g/mol. The smallest absolute Gasteiger partial charge is 0.320 e. The number of likely N-dealkylation sites (N-methyl/N-ethyl adjacent to an activating group) is 1. The van der Waals surface area contributed by atoms with Gasteiger partial charge in [0.2, 0.25) is 0 Å². The van der Waals surface area contributed by atoms with Gasteiger partial charge in [-0.2, -0.15) is 0 Å². The lowest BCUT2D eigenvalue weighted by Gasteiger charge is -2.41. The molecule has 9 N–H and O–H groups in total. The zero-order chi connectivity index (χ0) is 72.1. The Kier molecular flexibility index (Phi) is 42.1. The summed E-state index contributed by atoms with van der Waals surface area (Å²) < 4.78 is 42.0. The Morgan fingerprint density at radius 2 is 0.763 bits per heavy atom. The third kappa shape index (κ3) is 46.6. The highest BCUT2D eigenvalue weighted by Gasteiger charge is 2.38. The van der Waals surface area contributed by atoms with Gasteiger partial charge in [-0.3, -0.25) is 29.3 Å². The van der Waals surface area contributed by atoms with Gasteiger partial charge in [0.15, 0.2) is 37.7 Å². The maximum atomic E-state index is 13.5. The first-order valence-corrected chi connectivity index (χ1v) is 35.4. The third-order valence-corrected chi connectivity index (χ3v) is 15.6. The van der Waals surface area contributed by atoms with Crippen LogP contribution in [0.2, 0.25) is 0 Å². The first-order chi connectivity index (χ1) is 42.3. The van der Waals surface area contributed by atoms with Crippen LogP contribution in [-0.2, 0) is 38.0 Å². The molecule has 22 heteroatoms. The first kappa shape index (κ1) is 91.7. The number of carbonyl (C=O) groups excluding carboxylic acids is 1. The van der Waals surface area contributed by atoms with E-state index in [9.17, 15) is 45.6 Å². The second-order valence-electron chi connectivity index (χ2n) is 33.5. The summed E-state index contributed by atoms with van der Waals surface area (Å²) in [6.07, 6.45) is -0.772. The van der Waals surface area contributed by atoms with Gasteiger partial charge < -0.3 is 79.3 Å². The molecule has 0 saturated carbocycles. The molecule has 558 valence electrons. The van der Waals surface area contributed by atoms with Crippen molar-refractivity contribution >= 4 is 5.97 Å². The van der Waals surface area contributed by atoms with Crippen LogP contribution in [0.25, 0.3) is 0 Å². The van der Waals surface area contributed by atoms with Crippen LogP contribution in [-0.4, -0.2) is 257 Å². The van der Waals surface area contributed by atoms with Crippen molar-refractivity contribution in [3.63, 3.8) is 0 Å². The van der Waals surface area contributed by atoms with Crippen molar-refractivity contribution in [2.45, 2.75) is 371 Å². The van der Waals surface area contributed by atoms with Crippen LogP contribution in [0, 0.1) is 5.41 Å². The Morgan fingerprint density at radius 3 is 1.19 bits per heavy atom. The highest BCUT2D eigenvalue weighted by molar-refractivity contribution is 5.72. The van der Waals surface area contributed by atoms with E-state index in [1.807, 2.05) is 153 Å². The van der Waals surface area contributed by atoms with Gasteiger partial charge in [0.25, 0.3) is 0 Å². The summed E-state index contributed by atoms with van der Waals surface area (Å²) in [5, 5.41) is 96.1. The molecule has 0 aliphatic heterocycles. The van der Waals surface area contributed by atoms with Crippen LogP contribution in [0.3, 0.4) is 0 Å². The molecule has 93 heavy (non-hydrogen) atoms. The number of nitrogens with one attached hydrogen (secondary N) is 1. The van der Waals surface area contributed by atoms with Crippen molar-refractivity contribution in [1.82, 2.24) is 29.8 Å². The van der Waals surface area contributed by atoms with Gasteiger partial charge in [-0.25, -0.2) is 0 Å². The second kappa shape index (κ2) is 42.7. The highest BCUT2D eigenvalue weighted by Crippen LogP contribution is 2.29. The van der Waals surface area contributed by atoms with Crippen LogP contribution in [0.5, 0.6) is 0 Å². The number of esters is 1. The van der Waals surface area contributed by atoms with E-state index in [0.29, 0.717) is 84.5 Å². The van der Waals surface area contributed by atoms with Gasteiger partial charge in [-0.05, 0) is 228 Å². The van der Waals surface area contributed by atoms with Crippen LogP contribution in [0.1, 0.15) is 263 Å². The Hall–Kier alpha value is -1.33. The van der Waals surface area contributed by atoms with E-state index in [2.05, 4.69) is 31.0 Å². The van der Waals surface area contributed by atoms with Gasteiger partial charge in [0, 0.05) is 39.3 Å². The molecule has 0 bridgehead atoms. The molecule has 0 aromatic heterocycles. The number of hydrogen-bond donors (Lipinski definition) is 9. The largest absolute Gasteiger partial charge is 0.459 e. The second-order valence-corrected chi connectivity index (χ2v) is 33.5. The molecule has 0 saturated heterocycles. The topological polar surface area (TPSA) is 272 Å². The number of ether oxygens (including phenoxy) is 7. The first-order valence-electron chi connectivity index (χ1n) is 35.4. The predicted octanol–water partition coefficient (Wildman–Crippen LogP) is 9.13. The molecule has 0 radical (unpaired) electrons. The lowest BCUT2D eigenvalue weighted by molar-refractivity contribution is -0.221. The fourth-order valence-electron chi connectivity index (χ4n) is 10.9. The van der Waals surface area contributed by atoms with E-state index in [-0.39, 0.29) is 50.5 Å². The zero-order valence-corrected chi connectivity index (χ0v) is 64.1. The number of hydrogen-bond acceptors (Lipinski definition) is 22. The lowest BCUT2D eigenvalue weighted by Crippen LogP contribution is -2.53. The van der Waals surface area contributed by atoms with Crippen molar-refractivity contribution in [3.8, 4) is 0 Å². The molecule has 0 aromatic carbocycles. The van der Waals surface area contributed by atoms with Crippen LogP contribution < -0.4 is 5.32 Å². The molecule has 22 nitrogen and oxygen atoms in total. The van der Waals surface area contributed by atoms with Gasteiger partial charge in [-0.1, -0.05) is 67.2 Å². The number of aliphatic hydroxyl groups excluding tert-OH is 8. The van der Waals surface area contributed by atoms with E-state index < -0.39 is 107 Å². The zero-order valence-electron chi connectivity index (χ0n) is 64.1. The number of rotatable bonds is 49. The Balaban J connectivity index is 6.74. The molecule has 7 unspecified atom stereocenters. The van der Waals surface area contributed by atoms with Crippen LogP contribution >= 0.6 is 0 Å². The van der Waals surface area contributed by atoms with Crippen LogP contribution in [0.15, 0.2) is 0 Å². The summed E-state index contributed by atoms with van der Waals surface area (Å²) in [7, 11) is 0. The maximum absolute atomic E-state index is 13.5. The molecule has 0 fully saturated rings. The third-order valence-electron chi connectivity index (χ3n) is 15.6. The lowest BCUT2D eigenvalue weighted by atomic mass is 9.91. The van der Waals surface area contributed by atoms with E-state index in [1.54, 1.807) is 25.7 Å². The normalized spacial score (nSPS) is 17.5. The SMILES string of the molecule is CCN(CCCNCCN(CCCCCCC[C@@H]([C@H](O)OC(C)(C)C)N(CC)CC(O)OC(C)(C)C)C(O)CCC(C(O)OC(C)(C)C)N(CC(=O)OC(C)(C)C)C[C@H](O)OC(C)(C)C)[C@H](O)CCC(C(O)OC(C)(C)CC)N(CCC(C)(C)C)CC(O)OC(C)(C)C. The molecule has 0 aliphatic rings. The summed E-state index contributed by atoms with van der Waals surface area (Å²) in [6, 6.07) is -1.79. The molecular weight excluding hydrogens is 1190 g/mol. The fourth-order valence-corrected chi connectivity index (χ4v) is 10.9. The van der Waals surface area contributed by atoms with Crippen LogP contribution in [0.4, 0.5) is 0 Å². The Morgan fingerprint density at radius 1 is 0.376 bits per heavy atom. The van der Waals surface area contributed by atoms with Gasteiger partial charge in [-0.15, -0.1) is 0 Å². The molecule has 0 aliphatic carbocycles. The van der Waals surface area contributed by atoms with Crippen molar-refractivity contribution in [2.75, 3.05) is 78.5 Å². The number of nitrogens with zero attached hydrogens (tertiary/aromatic N) is 5. The van der Waals surface area contributed by atoms with E-state index in [4.69, 9.17) is 33.2 Å². The molecule has 0 heterocycles. The van der Waals surface area contributed by atoms with E-state index >= 15 is 0 Å². The summed E-state index contributed by atoms with van der Waals surface area (Å²) in [4.78, 5) is 23.3. The van der Waals surface area contributed by atoms with Gasteiger partial charge in [0.1, 0.15) is 18.1 Å². The summed E-state index contributed by atoms with van der Waals surface area (Å²) in [6.45, 7) is 54.3. The molecule has 0 rings (SSSR count). The van der Waals surface area contributed by atoms with Gasteiger partial charge >= 0.3 is 5.97 Å². The molecule has 0 amide bonds. The minimum absolute atomic E-state index is 0.0233. The summed E-state index contributed by atoms with van der Waals surface area (Å²) in [5.74, 6) is -0.556. The van der Waals surface area contributed by atoms with Crippen molar-refractivity contribution < 1.29 is 78.8 Å². The summed E-state index contributed by atoms with van der Waals surface area (Å²) in [5.41, 5.74) is -4.65. The number of carbonyl (C=O) groups is 1. The Labute approximate surface area is 567 Å². The fraction of sp³-hybridized carbons (Fsp3) is 0.986. The van der Waals surface area contributed by atoms with E-state index in [0.717, 1.165) is 38.5 Å². The highest BCUT2D eigenvalue weighted by atomic mass is 16.6. The minimum atomic E-state index is -1.43. The minimum Gasteiger partial charge on any atom is -0.459 e. The average Bonchev–Trinajstić information content (AvgIpc) is 0.898. The molecule has 11 atom stereocenters. The number of unbranched alkanes of at least 4 members (excludes halogenated alkanes) is 4. The molecule has 0 spiro atoms. The Bertz CT molecular complexity index is 1930. The maximum Gasteiger partial charge on any atom is 0.320 e. The molecule has 0 aromatic rings. The quantitative estimate of drug-likeness (QED) is 0.0156. The van der Waals surface area contributed by atoms with Crippen molar-refractivity contribution in [3.05, 3.63) is 0 Å². The van der Waals surface area contributed by atoms with E-state index in [1.165, 1.54) is 0 Å². The van der Waals surface area contributed by atoms with Crippen molar-refractivity contribution in [2.24, 2.45) is 5.41 Å². The number of aliphatic hydroxyl groups is 8. The predicted molar refractivity (Wildman–Crippen MR) is 372 cm³/mol. The van der Waals surface area contributed by atoms with Gasteiger partial charge in [0.05, 0.1) is 64.8 Å². The summed E-state index contributed by atoms with van der Waals surface area (Å²) >= 11 is 0. The molecular formula is C71H148N6O16. The average molecular weight is 1340 g/mol.